The van der Waals surface area contributed by atoms with Crippen molar-refractivity contribution in [2.24, 2.45) is 0 Å². The number of hydrogen-bond donors (Lipinski definition) is 2. The summed E-state index contributed by atoms with van der Waals surface area (Å²) in [4.78, 5) is 19.3. The van der Waals surface area contributed by atoms with E-state index in [-0.39, 0.29) is 24.5 Å². The molecular weight excluding hydrogens is 168 g/mol. The number of carboxylic acids is 2. The third kappa shape index (κ3) is 4.14. The Labute approximate surface area is 79.1 Å². The van der Waals surface area contributed by atoms with Crippen LogP contribution in [0.2, 0.25) is 0 Å². The fourth-order valence-corrected chi connectivity index (χ4v) is 0.258. The average molecular weight is 173 g/mol. The molecule has 11 heavy (non-hydrogen) atoms. The second kappa shape index (κ2) is 5.30. The Morgan fingerprint density at radius 3 is 1.36 bits per heavy atom. The van der Waals surface area contributed by atoms with Gasteiger partial charge in [-0.2, -0.15) is 0 Å². The smallest absolute Gasteiger partial charge is 0.547 e. The van der Waals surface area contributed by atoms with Crippen molar-refractivity contribution in [2.45, 2.75) is 12.2 Å². The first kappa shape index (κ1) is 13.2. The molecule has 0 aliphatic carbocycles. The molecular formula is C4H5MgO6+. The Morgan fingerprint density at radius 2 is 1.27 bits per heavy atom. The second-order valence-electron chi connectivity index (χ2n) is 1.53. The van der Waals surface area contributed by atoms with E-state index in [0.29, 0.717) is 0 Å². The van der Waals surface area contributed by atoms with Gasteiger partial charge in [0.05, 0.1) is 11.9 Å². The molecule has 0 heterocycles. The summed E-state index contributed by atoms with van der Waals surface area (Å²) in [7, 11) is 0. The third-order valence-corrected chi connectivity index (χ3v) is 0.782. The van der Waals surface area contributed by atoms with Gasteiger partial charge in [-0.3, -0.25) is 0 Å². The summed E-state index contributed by atoms with van der Waals surface area (Å²) in [5.41, 5.74) is 0. The summed E-state index contributed by atoms with van der Waals surface area (Å²) in [5, 5.41) is 35.7. The van der Waals surface area contributed by atoms with Crippen molar-refractivity contribution in [2.75, 3.05) is 0 Å². The van der Waals surface area contributed by atoms with Gasteiger partial charge in [0, 0.05) is 0 Å². The predicted molar refractivity (Wildman–Crippen MR) is 28.9 cm³/mol. The molecule has 0 aliphatic heterocycles. The van der Waals surface area contributed by atoms with E-state index in [1.54, 1.807) is 0 Å². The van der Waals surface area contributed by atoms with Crippen LogP contribution in [-0.4, -0.2) is 57.4 Å². The normalized spacial score (nSPS) is 14.4. The minimum atomic E-state index is -2.44. The van der Waals surface area contributed by atoms with Gasteiger partial charge in [-0.25, -0.2) is 0 Å². The Bertz CT molecular complexity index is 144. The van der Waals surface area contributed by atoms with E-state index < -0.39 is 24.1 Å². The van der Waals surface area contributed by atoms with E-state index >= 15 is 0 Å². The number of carboxylic acid groups (broad SMARTS) is 2. The van der Waals surface area contributed by atoms with Crippen molar-refractivity contribution in [3.63, 3.8) is 0 Å². The molecule has 6 nitrogen and oxygen atoms in total. The molecule has 58 valence electrons. The van der Waals surface area contributed by atoms with Crippen LogP contribution in [0.4, 0.5) is 0 Å². The molecule has 0 spiro atoms. The van der Waals surface area contributed by atoms with Crippen molar-refractivity contribution in [1.29, 1.82) is 0 Å². The topological polar surface area (TPSA) is 121 Å². The van der Waals surface area contributed by atoms with E-state index in [9.17, 15) is 19.8 Å². The molecule has 0 bridgehead atoms. The molecule has 2 atom stereocenters. The maximum atomic E-state index is 9.63. The first-order valence-electron chi connectivity index (χ1n) is 2.24. The van der Waals surface area contributed by atoms with E-state index in [2.05, 4.69) is 0 Å². The summed E-state index contributed by atoms with van der Waals surface area (Å²) in [6.07, 6.45) is -4.88. The van der Waals surface area contributed by atoms with Crippen molar-refractivity contribution in [3.8, 4) is 0 Å². The van der Waals surface area contributed by atoms with Gasteiger partial charge in [-0.15, -0.1) is 0 Å². The maximum absolute atomic E-state index is 9.63. The summed E-state index contributed by atoms with van der Waals surface area (Å²) in [6, 6.07) is 0. The minimum Gasteiger partial charge on any atom is -0.547 e. The molecule has 0 fully saturated rings. The molecule has 0 radical (unpaired) electrons. The van der Waals surface area contributed by atoms with E-state index in [4.69, 9.17) is 10.2 Å². The van der Waals surface area contributed by atoms with Gasteiger partial charge in [0.25, 0.3) is 0 Å². The molecule has 2 unspecified atom stereocenters. The molecule has 0 saturated carbocycles. The molecule has 0 rings (SSSR count). The van der Waals surface area contributed by atoms with Crippen molar-refractivity contribution in [1.82, 2.24) is 0 Å². The number of rotatable bonds is 3. The Hall–Kier alpha value is -0.374. The summed E-state index contributed by atoms with van der Waals surface area (Å²) >= 11 is 0. The zero-order valence-corrected chi connectivity index (χ0v) is 6.80. The number of aliphatic carboxylic acids is 2. The zero-order valence-electron chi connectivity index (χ0n) is 6.39. The average Bonchev–Trinajstić information content (AvgIpc) is 1.84. The van der Waals surface area contributed by atoms with Crippen molar-refractivity contribution < 1.29 is 31.4 Å². The molecule has 0 aromatic heterocycles. The number of aliphatic hydroxyl groups excluding tert-OH is 2. The van der Waals surface area contributed by atoms with Crippen LogP contribution in [0, 0.1) is 0 Å². The van der Waals surface area contributed by atoms with Gasteiger partial charge < -0.3 is 30.0 Å². The number of aliphatic hydroxyl groups is 2. The van der Waals surface area contributed by atoms with Gasteiger partial charge >= 0.3 is 24.5 Å². The zero-order chi connectivity index (χ0) is 8.31. The molecule has 0 aromatic carbocycles. The summed E-state index contributed by atoms with van der Waals surface area (Å²) in [5.74, 6) is -4.12. The number of carbonyl (C=O) groups excluding carboxylic acids is 2. The Balaban J connectivity index is -0.000000405. The van der Waals surface area contributed by atoms with Crippen LogP contribution in [0.5, 0.6) is 0 Å². The van der Waals surface area contributed by atoms with Gasteiger partial charge in [0.15, 0.2) is 0 Å². The molecule has 2 N–H and O–H groups in total. The fourth-order valence-electron chi connectivity index (χ4n) is 0.258. The standard InChI is InChI=1S/C4H6O6.Mg/c5-1(3(7)8)2(6)4(9)10;/h1-2,5-6H,(H,7,8)(H,9,10);/q;+2/p-1. The molecule has 0 saturated heterocycles. The first-order valence-corrected chi connectivity index (χ1v) is 2.24. The SMILES string of the molecule is O=C([O-])C(O)C(O)C(=O)[O-].[H+].[Mg+2]. The quantitative estimate of drug-likeness (QED) is 0.412. The monoisotopic (exact) mass is 173 g/mol. The van der Waals surface area contributed by atoms with Gasteiger partial charge in [0.2, 0.25) is 0 Å². The molecule has 7 heteroatoms. The van der Waals surface area contributed by atoms with Gasteiger partial charge in [0.1, 0.15) is 12.2 Å². The van der Waals surface area contributed by atoms with Crippen LogP contribution in [0.25, 0.3) is 0 Å². The Morgan fingerprint density at radius 1 is 1.09 bits per heavy atom. The van der Waals surface area contributed by atoms with E-state index in [1.165, 1.54) is 0 Å². The maximum Gasteiger partial charge on any atom is 2.00 e. The molecule has 0 aromatic rings. The van der Waals surface area contributed by atoms with Crippen LogP contribution < -0.4 is 10.2 Å². The van der Waals surface area contributed by atoms with Crippen molar-refractivity contribution in [3.05, 3.63) is 0 Å². The van der Waals surface area contributed by atoms with Gasteiger partial charge in [-0.05, 0) is 0 Å². The summed E-state index contributed by atoms with van der Waals surface area (Å²) in [6.45, 7) is 0. The largest absolute Gasteiger partial charge is 2.00 e. The number of hydrogen-bond acceptors (Lipinski definition) is 6. The van der Waals surface area contributed by atoms with Crippen LogP contribution in [-0.2, 0) is 9.59 Å². The van der Waals surface area contributed by atoms with E-state index in [1.807, 2.05) is 0 Å². The summed E-state index contributed by atoms with van der Waals surface area (Å²) < 4.78 is 0. The van der Waals surface area contributed by atoms with E-state index in [0.717, 1.165) is 0 Å². The second-order valence-corrected chi connectivity index (χ2v) is 1.53. The van der Waals surface area contributed by atoms with Crippen LogP contribution >= 0.6 is 0 Å². The number of carbonyl (C=O) groups is 2. The molecule has 0 aliphatic rings. The van der Waals surface area contributed by atoms with Crippen LogP contribution in [0.15, 0.2) is 0 Å². The third-order valence-electron chi connectivity index (χ3n) is 0.782. The molecule has 0 amide bonds. The van der Waals surface area contributed by atoms with Crippen LogP contribution in [0.1, 0.15) is 1.43 Å². The van der Waals surface area contributed by atoms with Gasteiger partial charge in [-0.1, -0.05) is 0 Å². The predicted octanol–water partition coefficient (Wildman–Crippen LogP) is -5.06. The fraction of sp³-hybridized carbons (Fsp3) is 0.500. The first-order chi connectivity index (χ1) is 4.46. The Kier molecular flexibility index (Phi) is 6.37. The van der Waals surface area contributed by atoms with Crippen molar-refractivity contribution >= 4 is 35.0 Å². The minimum absolute atomic E-state index is 0. The van der Waals surface area contributed by atoms with Crippen LogP contribution in [0.3, 0.4) is 0 Å².